The van der Waals surface area contributed by atoms with Gasteiger partial charge < -0.3 is 0 Å². The van der Waals surface area contributed by atoms with Crippen LogP contribution in [0.1, 0.15) is 11.1 Å². The van der Waals surface area contributed by atoms with Gasteiger partial charge in [0.15, 0.2) is 0 Å². The van der Waals surface area contributed by atoms with Crippen LogP contribution in [0.3, 0.4) is 0 Å². The van der Waals surface area contributed by atoms with E-state index < -0.39 is 0 Å². The molecule has 5 aromatic carbocycles. The van der Waals surface area contributed by atoms with Gasteiger partial charge in [-0.2, -0.15) is 0 Å². The van der Waals surface area contributed by atoms with Gasteiger partial charge in [0.05, 0.1) is 11.0 Å². The highest BCUT2D eigenvalue weighted by atomic mass is 32.1. The molecule has 0 unspecified atom stereocenters. The van der Waals surface area contributed by atoms with Crippen LogP contribution in [0, 0.1) is 13.8 Å². The largest absolute Gasteiger partial charge is 0.292 e. The number of para-hydroxylation sites is 2. The number of fused-ring (bicyclic) bond motifs is 2. The van der Waals surface area contributed by atoms with Crippen LogP contribution in [-0.4, -0.2) is 9.55 Å². The predicted molar refractivity (Wildman–Crippen MR) is 162 cm³/mol. The summed E-state index contributed by atoms with van der Waals surface area (Å²) in [5, 5.41) is 3.50. The fraction of sp³-hybridized carbons (Fsp3) is 0.0571. The van der Waals surface area contributed by atoms with Gasteiger partial charge in [0.1, 0.15) is 5.82 Å². The van der Waals surface area contributed by atoms with Gasteiger partial charge in [0, 0.05) is 26.7 Å². The lowest BCUT2D eigenvalue weighted by Crippen LogP contribution is -1.97. The molecule has 0 radical (unpaired) electrons. The maximum Gasteiger partial charge on any atom is 0.147 e. The van der Waals surface area contributed by atoms with Crippen molar-refractivity contribution in [1.29, 1.82) is 0 Å². The van der Waals surface area contributed by atoms with Crippen LogP contribution in [0.25, 0.3) is 60.4 Å². The molecule has 7 aromatic rings. The first-order valence-electron chi connectivity index (χ1n) is 12.9. The molecular formula is C35H26N2S. The second-order valence-electron chi connectivity index (χ2n) is 9.80. The third-order valence-corrected chi connectivity index (χ3v) is 8.34. The summed E-state index contributed by atoms with van der Waals surface area (Å²) in [7, 11) is 0. The maximum atomic E-state index is 5.17. The van der Waals surface area contributed by atoms with Gasteiger partial charge in [0.25, 0.3) is 0 Å². The molecule has 0 amide bonds. The molecule has 0 aliphatic carbocycles. The van der Waals surface area contributed by atoms with Gasteiger partial charge in [-0.15, -0.1) is 11.3 Å². The van der Waals surface area contributed by atoms with Crippen LogP contribution >= 0.6 is 11.3 Å². The molecule has 7 rings (SSSR count). The molecule has 0 fully saturated rings. The highest BCUT2D eigenvalue weighted by Gasteiger charge is 2.18. The molecule has 0 bridgehead atoms. The monoisotopic (exact) mass is 506 g/mol. The van der Waals surface area contributed by atoms with Crippen LogP contribution in [0.15, 0.2) is 121 Å². The summed E-state index contributed by atoms with van der Waals surface area (Å²) in [6, 6.07) is 41.1. The minimum Gasteiger partial charge on any atom is -0.292 e. The van der Waals surface area contributed by atoms with E-state index in [9.17, 15) is 0 Å². The fourth-order valence-electron chi connectivity index (χ4n) is 5.53. The average Bonchev–Trinajstić information content (AvgIpc) is 3.55. The second kappa shape index (κ2) is 9.13. The summed E-state index contributed by atoms with van der Waals surface area (Å²) in [5.74, 6) is 0.976. The minimum atomic E-state index is 0.976. The molecule has 0 spiro atoms. The van der Waals surface area contributed by atoms with Crippen molar-refractivity contribution < 1.29 is 0 Å². The van der Waals surface area contributed by atoms with E-state index in [2.05, 4.69) is 139 Å². The SMILES string of the molecule is Cc1cccc(C)c1-c1ccc2scc(-c3nc4ccccc4n3-c3ccc(-c4ccccc4)cc3)c2c1. The van der Waals surface area contributed by atoms with Crippen LogP contribution in [0.4, 0.5) is 0 Å². The first-order valence-corrected chi connectivity index (χ1v) is 13.8. The Morgan fingerprint density at radius 2 is 1.32 bits per heavy atom. The highest BCUT2D eigenvalue weighted by Crippen LogP contribution is 2.39. The summed E-state index contributed by atoms with van der Waals surface area (Å²) in [6.45, 7) is 4.39. The number of benzene rings is 5. The van der Waals surface area contributed by atoms with Crippen LogP contribution in [0.2, 0.25) is 0 Å². The Hall–Kier alpha value is -4.47. The smallest absolute Gasteiger partial charge is 0.147 e. The number of rotatable bonds is 4. The predicted octanol–water partition coefficient (Wildman–Crippen LogP) is 9.86. The Bertz CT molecular complexity index is 1900. The number of imidazole rings is 1. The minimum absolute atomic E-state index is 0.976. The van der Waals surface area contributed by atoms with E-state index in [4.69, 9.17) is 4.98 Å². The lowest BCUT2D eigenvalue weighted by Gasteiger charge is -2.12. The van der Waals surface area contributed by atoms with Gasteiger partial charge in [-0.05, 0) is 83.6 Å². The Kier molecular flexibility index (Phi) is 5.45. The molecule has 38 heavy (non-hydrogen) atoms. The molecule has 182 valence electrons. The molecule has 0 aliphatic rings. The van der Waals surface area contributed by atoms with Crippen LogP contribution in [0.5, 0.6) is 0 Å². The van der Waals surface area contributed by atoms with Crippen molar-refractivity contribution in [3.8, 4) is 39.3 Å². The number of aryl methyl sites for hydroxylation is 2. The van der Waals surface area contributed by atoms with E-state index in [1.165, 1.54) is 49.0 Å². The Morgan fingerprint density at radius 1 is 0.632 bits per heavy atom. The van der Waals surface area contributed by atoms with E-state index in [1.807, 2.05) is 0 Å². The van der Waals surface area contributed by atoms with Gasteiger partial charge in [-0.1, -0.05) is 78.9 Å². The zero-order valence-electron chi connectivity index (χ0n) is 21.3. The average molecular weight is 507 g/mol. The van der Waals surface area contributed by atoms with Crippen molar-refractivity contribution >= 4 is 32.5 Å². The summed E-state index contributed by atoms with van der Waals surface area (Å²) >= 11 is 1.78. The lowest BCUT2D eigenvalue weighted by atomic mass is 9.94. The summed E-state index contributed by atoms with van der Waals surface area (Å²) in [5.41, 5.74) is 12.0. The summed E-state index contributed by atoms with van der Waals surface area (Å²) in [6.07, 6.45) is 0. The number of hydrogen-bond donors (Lipinski definition) is 0. The van der Waals surface area contributed by atoms with Crippen molar-refractivity contribution in [1.82, 2.24) is 9.55 Å². The van der Waals surface area contributed by atoms with Crippen LogP contribution in [-0.2, 0) is 0 Å². The standard InChI is InChI=1S/C35H26N2S/c1-23-9-8-10-24(2)34(23)27-17-20-33-29(21-27)30(22-38-33)35-36-31-13-6-7-14-32(31)37(35)28-18-15-26(16-19-28)25-11-4-3-5-12-25/h3-22H,1-2H3. The molecule has 2 heterocycles. The summed E-state index contributed by atoms with van der Waals surface area (Å²) in [4.78, 5) is 5.17. The zero-order chi connectivity index (χ0) is 25.6. The number of hydrogen-bond acceptors (Lipinski definition) is 2. The van der Waals surface area contributed by atoms with Crippen molar-refractivity contribution in [2.24, 2.45) is 0 Å². The van der Waals surface area contributed by atoms with E-state index in [-0.39, 0.29) is 0 Å². The van der Waals surface area contributed by atoms with Gasteiger partial charge >= 0.3 is 0 Å². The molecule has 0 aliphatic heterocycles. The molecule has 2 aromatic heterocycles. The molecule has 0 saturated carbocycles. The Balaban J connectivity index is 1.42. The number of nitrogens with zero attached hydrogens (tertiary/aromatic N) is 2. The first-order chi connectivity index (χ1) is 18.7. The van der Waals surface area contributed by atoms with E-state index in [1.54, 1.807) is 11.3 Å². The molecule has 0 N–H and O–H groups in total. The third kappa shape index (κ3) is 3.75. The molecule has 0 saturated heterocycles. The quantitative estimate of drug-likeness (QED) is 0.232. The lowest BCUT2D eigenvalue weighted by molar-refractivity contribution is 1.11. The van der Waals surface area contributed by atoms with E-state index in [0.717, 1.165) is 22.5 Å². The van der Waals surface area contributed by atoms with Gasteiger partial charge in [-0.25, -0.2) is 4.98 Å². The molecule has 2 nitrogen and oxygen atoms in total. The van der Waals surface area contributed by atoms with E-state index >= 15 is 0 Å². The van der Waals surface area contributed by atoms with Crippen LogP contribution < -0.4 is 0 Å². The molecule has 0 atom stereocenters. The van der Waals surface area contributed by atoms with Crippen molar-refractivity contribution in [2.45, 2.75) is 13.8 Å². The van der Waals surface area contributed by atoms with Crippen molar-refractivity contribution in [3.63, 3.8) is 0 Å². The fourth-order valence-corrected chi connectivity index (χ4v) is 6.45. The highest BCUT2D eigenvalue weighted by molar-refractivity contribution is 7.17. The van der Waals surface area contributed by atoms with Crippen molar-refractivity contribution in [3.05, 3.63) is 132 Å². The molecule has 3 heteroatoms. The topological polar surface area (TPSA) is 17.8 Å². The Labute approximate surface area is 226 Å². The van der Waals surface area contributed by atoms with E-state index in [0.29, 0.717) is 0 Å². The number of aromatic nitrogens is 2. The summed E-state index contributed by atoms with van der Waals surface area (Å²) < 4.78 is 3.57. The second-order valence-corrected chi connectivity index (χ2v) is 10.7. The molecular weight excluding hydrogens is 480 g/mol. The van der Waals surface area contributed by atoms with Crippen molar-refractivity contribution in [2.75, 3.05) is 0 Å². The Morgan fingerprint density at radius 3 is 2.11 bits per heavy atom. The zero-order valence-corrected chi connectivity index (χ0v) is 22.2. The first kappa shape index (κ1) is 22.7. The third-order valence-electron chi connectivity index (χ3n) is 7.38. The maximum absolute atomic E-state index is 5.17. The van der Waals surface area contributed by atoms with Gasteiger partial charge in [0.2, 0.25) is 0 Å². The van der Waals surface area contributed by atoms with Gasteiger partial charge in [-0.3, -0.25) is 4.57 Å². The number of thiophene rings is 1. The normalized spacial score (nSPS) is 11.4.